The molecule has 2 aliphatic carbocycles. The molecule has 0 fully saturated rings. The van der Waals surface area contributed by atoms with Crippen molar-refractivity contribution in [2.24, 2.45) is 0 Å². The van der Waals surface area contributed by atoms with Crippen molar-refractivity contribution in [2.75, 3.05) is 0 Å². The largest absolute Gasteiger partial charge is 1.00 e. The van der Waals surface area contributed by atoms with E-state index in [1.54, 1.807) is 14.4 Å². The molecule has 3 aromatic carbocycles. The Labute approximate surface area is 217 Å². The van der Waals surface area contributed by atoms with Gasteiger partial charge in [-0.3, -0.25) is 0 Å². The summed E-state index contributed by atoms with van der Waals surface area (Å²) in [5.41, 5.74) is 9.05. The summed E-state index contributed by atoms with van der Waals surface area (Å²) >= 11 is -0.954. The van der Waals surface area contributed by atoms with Gasteiger partial charge in [-0.25, -0.2) is 0 Å². The van der Waals surface area contributed by atoms with Crippen molar-refractivity contribution in [3.05, 3.63) is 95.1 Å². The molecule has 3 aromatic rings. The Morgan fingerprint density at radius 2 is 1.46 bits per heavy atom. The molecule has 0 N–H and O–H groups in total. The molecule has 0 aliphatic heterocycles. The number of fused-ring (bicyclic) bond motifs is 4. The molecule has 0 heterocycles. The minimum atomic E-state index is -0.954. The van der Waals surface area contributed by atoms with E-state index in [1.165, 1.54) is 22.3 Å². The molecule has 0 aromatic heterocycles. The molecule has 1 unspecified atom stereocenters. The Bertz CT molecular complexity index is 950. The Morgan fingerprint density at radius 3 is 2.35 bits per heavy atom. The summed E-state index contributed by atoms with van der Waals surface area (Å²) < 4.78 is 2.41. The van der Waals surface area contributed by atoms with Gasteiger partial charge >= 0.3 is 149 Å². The van der Waals surface area contributed by atoms with E-state index in [-0.39, 0.29) is 71.9 Å². The number of hydrogen-bond donors (Lipinski definition) is 0. The van der Waals surface area contributed by atoms with Crippen molar-refractivity contribution < 1.29 is 94.8 Å². The van der Waals surface area contributed by atoms with Gasteiger partial charge in [0, 0.05) is 0 Å². The van der Waals surface area contributed by atoms with Crippen LogP contribution in [-0.2, 0) is 29.3 Å². The van der Waals surface area contributed by atoms with Crippen molar-refractivity contribution in [3.63, 3.8) is 0 Å². The second kappa shape index (κ2) is 9.78. The van der Waals surface area contributed by atoms with Crippen LogP contribution in [0.1, 0.15) is 25.9 Å². The molecule has 129 valence electrons. The fourth-order valence-electron chi connectivity index (χ4n) is 3.84. The van der Waals surface area contributed by atoms with E-state index >= 15 is 0 Å². The zero-order valence-corrected chi connectivity index (χ0v) is 24.0. The second-order valence-corrected chi connectivity index (χ2v) is 11.5. The van der Waals surface area contributed by atoms with Crippen LogP contribution in [0.5, 0.6) is 0 Å². The van der Waals surface area contributed by atoms with Gasteiger partial charge in [0.2, 0.25) is 0 Å². The van der Waals surface area contributed by atoms with Crippen molar-refractivity contribution in [1.29, 1.82) is 0 Å². The quantitative estimate of drug-likeness (QED) is 0.142. The van der Waals surface area contributed by atoms with Crippen LogP contribution in [0.4, 0.5) is 0 Å². The van der Waals surface area contributed by atoms with Gasteiger partial charge in [0.25, 0.3) is 0 Å². The molecule has 1 atom stereocenters. The Hall–Kier alpha value is 0.460. The van der Waals surface area contributed by atoms with E-state index in [2.05, 4.69) is 78.9 Å². The monoisotopic (exact) mass is 841 g/mol. The third-order valence-electron chi connectivity index (χ3n) is 4.96. The summed E-state index contributed by atoms with van der Waals surface area (Å²) in [4.78, 5) is 0. The first-order valence-corrected chi connectivity index (χ1v) is 12.0. The number of hydrogen-bond acceptors (Lipinski definition) is 0. The van der Waals surface area contributed by atoms with Crippen LogP contribution in [0.25, 0.3) is 17.2 Å². The van der Waals surface area contributed by atoms with Crippen LogP contribution in [-0.4, -0.2) is 0 Å². The Morgan fingerprint density at radius 1 is 0.731 bits per heavy atom. The van der Waals surface area contributed by atoms with Gasteiger partial charge in [0.05, 0.1) is 0 Å². The van der Waals surface area contributed by atoms with E-state index in [4.69, 9.17) is 0 Å². The summed E-state index contributed by atoms with van der Waals surface area (Å²) in [6.45, 7) is 0. The number of allylic oxidation sites excluding steroid dienone is 1. The average molecular weight is 840 g/mol. The van der Waals surface area contributed by atoms with Gasteiger partial charge in [0.1, 0.15) is 0 Å². The third-order valence-corrected chi connectivity index (χ3v) is 10.7. The smallest absolute Gasteiger partial charge is 1.00 e. The molecule has 26 heavy (non-hydrogen) atoms. The molecule has 0 saturated heterocycles. The normalized spacial score (nSPS) is 14.7. The number of halogens is 3. The summed E-state index contributed by atoms with van der Waals surface area (Å²) in [6.07, 6.45) is 5.91. The topological polar surface area (TPSA) is 0 Å². The van der Waals surface area contributed by atoms with E-state index in [1.807, 2.05) is 0 Å². The van der Waals surface area contributed by atoms with Gasteiger partial charge < -0.3 is 71.9 Å². The maximum absolute atomic E-state index is 2.45. The Kier molecular flexibility index (Phi) is 8.56. The van der Waals surface area contributed by atoms with Gasteiger partial charge in [0.15, 0.2) is 0 Å². The maximum Gasteiger partial charge on any atom is -1.00 e. The molecule has 0 saturated carbocycles. The molecule has 5 rings (SSSR count). The fourth-order valence-corrected chi connectivity index (χ4v) is 9.35. The summed E-state index contributed by atoms with van der Waals surface area (Å²) in [5.74, 6) is 0. The van der Waals surface area contributed by atoms with Crippen LogP contribution in [0.2, 0.25) is 0 Å². The summed E-state index contributed by atoms with van der Waals surface area (Å²) in [5, 5.41) is 0. The predicted molar refractivity (Wildman–Crippen MR) is 92.5 cm³/mol. The number of rotatable bonds is 2. The van der Waals surface area contributed by atoms with Gasteiger partial charge in [-0.05, 0) is 0 Å². The average Bonchev–Trinajstić information content (AvgIpc) is 3.17. The summed E-state index contributed by atoms with van der Waals surface area (Å²) in [7, 11) is 0. The zero-order valence-electron chi connectivity index (χ0n) is 13.9. The molecule has 0 bridgehead atoms. The van der Waals surface area contributed by atoms with Crippen molar-refractivity contribution in [3.8, 4) is 11.1 Å². The van der Waals surface area contributed by atoms with Crippen LogP contribution in [0, 0.1) is 0 Å². The minimum Gasteiger partial charge on any atom is -1.00 e. The molecule has 0 spiro atoms. The van der Waals surface area contributed by atoms with E-state index < -0.39 is 22.9 Å². The molecule has 0 nitrogen and oxygen atoms in total. The number of benzene rings is 3. The van der Waals surface area contributed by atoms with E-state index in [0.717, 1.165) is 6.42 Å². The predicted octanol–water partition coefficient (Wildman–Crippen LogP) is -4.25. The van der Waals surface area contributed by atoms with Crippen LogP contribution >= 0.6 is 0 Å². The molecular formula is C22H16HfI3. The molecule has 2 aliphatic rings. The molecule has 4 heteroatoms. The SMILES string of the molecule is C1=C[CH]([Hf+3][c]2cccc3c2Cc2ccccc2-3)c2ccccc21.[I-].[I-].[I-]. The van der Waals surface area contributed by atoms with E-state index in [0.29, 0.717) is 3.67 Å². The first kappa shape index (κ1) is 22.7. The minimum absolute atomic E-state index is 0. The van der Waals surface area contributed by atoms with Crippen molar-refractivity contribution >= 4 is 9.40 Å². The Balaban J connectivity index is 0.000000810. The maximum atomic E-state index is 2.45. The van der Waals surface area contributed by atoms with Crippen molar-refractivity contribution in [2.45, 2.75) is 10.1 Å². The van der Waals surface area contributed by atoms with Gasteiger partial charge in [-0.2, -0.15) is 0 Å². The van der Waals surface area contributed by atoms with Gasteiger partial charge in [-0.15, -0.1) is 0 Å². The first-order valence-electron chi connectivity index (χ1n) is 8.14. The third kappa shape index (κ3) is 4.08. The standard InChI is InChI=1S/C13H9.C9H7.Hf.3HI/c1-3-7-12-10(5-1)9-11-6-2-4-8-13(11)12;1-2-5-9-7-3-6-8(9)4-1;;;;/h1-5,7-8H,9H2;1-7H;;3*1H/q;;+3;;;/p-3. The van der Waals surface area contributed by atoms with Crippen LogP contribution < -0.4 is 75.2 Å². The first-order chi connectivity index (χ1) is 11.4. The molecular weight excluding hydrogens is 823 g/mol. The van der Waals surface area contributed by atoms with Crippen LogP contribution in [0.3, 0.4) is 0 Å². The zero-order chi connectivity index (χ0) is 15.2. The summed E-state index contributed by atoms with van der Waals surface area (Å²) in [6, 6.07) is 24.8. The van der Waals surface area contributed by atoms with Crippen molar-refractivity contribution in [1.82, 2.24) is 0 Å². The van der Waals surface area contributed by atoms with Gasteiger partial charge in [-0.1, -0.05) is 0 Å². The molecule has 0 amide bonds. The second-order valence-electron chi connectivity index (χ2n) is 6.28. The molecule has 0 radical (unpaired) electrons. The van der Waals surface area contributed by atoms with Crippen LogP contribution in [0.15, 0.2) is 72.8 Å². The van der Waals surface area contributed by atoms with E-state index in [9.17, 15) is 0 Å². The fraction of sp³-hybridized carbons (Fsp3) is 0.0909.